The van der Waals surface area contributed by atoms with Crippen molar-refractivity contribution in [2.24, 2.45) is 17.3 Å². The molecule has 2 unspecified atom stereocenters. The predicted molar refractivity (Wildman–Crippen MR) is 185 cm³/mol. The molecular weight excluding hydrogens is 608 g/mol. The number of halogens is 2. The van der Waals surface area contributed by atoms with E-state index in [0.717, 1.165) is 11.4 Å². The monoisotopic (exact) mass is 649 g/mol. The number of nitrogens with one attached hydrogen (secondary N) is 1. The van der Waals surface area contributed by atoms with Gasteiger partial charge in [-0.05, 0) is 65.1 Å². The third-order valence-corrected chi connectivity index (χ3v) is 10.3. The lowest BCUT2D eigenvalue weighted by molar-refractivity contribution is -0.152. The van der Waals surface area contributed by atoms with Gasteiger partial charge in [0.2, 0.25) is 0 Å². The molecule has 48 heavy (non-hydrogen) atoms. The minimum atomic E-state index is -1.66. The van der Waals surface area contributed by atoms with Crippen LogP contribution >= 0.6 is 0 Å². The summed E-state index contributed by atoms with van der Waals surface area (Å²) in [6, 6.07) is 26.9. The lowest BCUT2D eigenvalue weighted by atomic mass is 9.53. The van der Waals surface area contributed by atoms with Crippen molar-refractivity contribution in [2.75, 3.05) is 51.1 Å². The van der Waals surface area contributed by atoms with Gasteiger partial charge >= 0.3 is 0 Å². The van der Waals surface area contributed by atoms with Gasteiger partial charge < -0.3 is 15.1 Å². The molecule has 2 aliphatic rings. The first-order valence-electron chi connectivity index (χ1n) is 16.4. The van der Waals surface area contributed by atoms with Crippen LogP contribution in [0.4, 0.5) is 20.2 Å². The Kier molecular flexibility index (Phi) is 9.30. The second-order valence-electron chi connectivity index (χ2n) is 13.4. The Morgan fingerprint density at radius 2 is 1.19 bits per heavy atom. The number of ketones is 3. The number of carbonyl (C=O) groups excluding carboxylic acids is 3. The average molecular weight is 650 g/mol. The fourth-order valence-corrected chi connectivity index (χ4v) is 8.07. The van der Waals surface area contributed by atoms with Crippen LogP contribution in [0.3, 0.4) is 0 Å². The van der Waals surface area contributed by atoms with Gasteiger partial charge in [0.15, 0.2) is 11.6 Å². The molecule has 1 heterocycles. The summed E-state index contributed by atoms with van der Waals surface area (Å²) in [6.07, 6.45) is 0.0644. The van der Waals surface area contributed by atoms with E-state index in [9.17, 15) is 13.6 Å². The fourth-order valence-electron chi connectivity index (χ4n) is 8.07. The van der Waals surface area contributed by atoms with Crippen LogP contribution in [0, 0.1) is 28.9 Å². The molecule has 248 valence electrons. The van der Waals surface area contributed by atoms with Crippen LogP contribution in [0.15, 0.2) is 97.1 Å². The van der Waals surface area contributed by atoms with Crippen molar-refractivity contribution in [1.82, 2.24) is 5.32 Å². The molecule has 1 aliphatic heterocycles. The van der Waals surface area contributed by atoms with Crippen LogP contribution < -0.4 is 15.1 Å². The van der Waals surface area contributed by atoms with Gasteiger partial charge in [-0.25, -0.2) is 8.78 Å². The van der Waals surface area contributed by atoms with Crippen LogP contribution in [0.1, 0.15) is 46.9 Å². The summed E-state index contributed by atoms with van der Waals surface area (Å²) < 4.78 is 29.9. The Labute approximate surface area is 280 Å². The molecular formula is C40H41F2N3O3. The number of hydrogen-bond acceptors (Lipinski definition) is 6. The molecule has 4 atom stereocenters. The maximum Gasteiger partial charge on any atom is 0.158 e. The second-order valence-corrected chi connectivity index (χ2v) is 13.4. The van der Waals surface area contributed by atoms with Gasteiger partial charge in [-0.2, -0.15) is 0 Å². The molecule has 1 N–H and O–H groups in total. The lowest BCUT2D eigenvalue weighted by Crippen LogP contribution is -2.56. The third-order valence-electron chi connectivity index (χ3n) is 10.3. The molecule has 0 radical (unpaired) electrons. The highest BCUT2D eigenvalue weighted by Crippen LogP contribution is 2.54. The van der Waals surface area contributed by atoms with Gasteiger partial charge in [0.1, 0.15) is 17.4 Å². The van der Waals surface area contributed by atoms with Gasteiger partial charge in [0.25, 0.3) is 0 Å². The topological polar surface area (TPSA) is 69.7 Å². The maximum absolute atomic E-state index is 15.9. The van der Waals surface area contributed by atoms with E-state index in [0.29, 0.717) is 35.3 Å². The Bertz CT molecular complexity index is 1740. The highest BCUT2D eigenvalue weighted by Gasteiger charge is 2.62. The van der Waals surface area contributed by atoms with Crippen molar-refractivity contribution in [3.8, 4) is 0 Å². The molecule has 4 aromatic carbocycles. The second kappa shape index (κ2) is 13.4. The number of hydrogen-bond donors (Lipinski definition) is 1. The zero-order valence-corrected chi connectivity index (χ0v) is 27.8. The largest absolute Gasteiger partial charge is 0.377 e. The highest BCUT2D eigenvalue weighted by atomic mass is 19.1. The molecule has 8 heteroatoms. The number of nitrogens with zero attached hydrogens (tertiary/aromatic N) is 2. The summed E-state index contributed by atoms with van der Waals surface area (Å²) in [5.41, 5.74) is 2.00. The SMILES string of the molecule is CN(C)c1ccccc1C(C(=O)C1(C(=O)C(c2cccc(F)c2)c2ccccc2N(C)C)CCC(=O)[C@H]2CNC[C@H]21)c1cccc(F)c1. The zero-order chi connectivity index (χ0) is 34.2. The van der Waals surface area contributed by atoms with Crippen LogP contribution in [-0.2, 0) is 14.4 Å². The number of benzene rings is 4. The number of rotatable bonds is 10. The fraction of sp³-hybridized carbons (Fsp3) is 0.325. The van der Waals surface area contributed by atoms with Crippen LogP contribution in [-0.4, -0.2) is 58.6 Å². The molecule has 4 aromatic rings. The molecule has 0 spiro atoms. The van der Waals surface area contributed by atoms with Gasteiger partial charge in [-0.1, -0.05) is 60.7 Å². The Morgan fingerprint density at radius 3 is 1.65 bits per heavy atom. The molecule has 0 bridgehead atoms. The standard InChI is InChI=1S/C40H41F2N3O3/c1-44(2)33-17-7-5-15-29(33)36(25-11-9-13-27(41)21-25)38(47)40(20-19-35(46)31-23-43-24-32(31)40)39(48)37(26-12-10-14-28(42)22-26)30-16-6-8-18-34(30)45(3)4/h5-18,21-22,31-32,36-37,43H,19-20,23-24H2,1-4H3/t31-,32+,36?,37?,40?/m0/s1. The highest BCUT2D eigenvalue weighted by molar-refractivity contribution is 6.15. The first kappa shape index (κ1) is 33.2. The van der Waals surface area contributed by atoms with E-state index in [1.807, 2.05) is 86.5 Å². The summed E-state index contributed by atoms with van der Waals surface area (Å²) in [6.45, 7) is 0.661. The summed E-state index contributed by atoms with van der Waals surface area (Å²) in [5.74, 6) is -4.93. The van der Waals surface area contributed by atoms with Crippen molar-refractivity contribution >= 4 is 28.7 Å². The number of Topliss-reactive ketones (excluding diaryl/α,β-unsaturated/α-hetero) is 3. The number of carbonyl (C=O) groups is 3. The van der Waals surface area contributed by atoms with Crippen LogP contribution in [0.25, 0.3) is 0 Å². The molecule has 6 nitrogen and oxygen atoms in total. The average Bonchev–Trinajstić information content (AvgIpc) is 3.57. The van der Waals surface area contributed by atoms with E-state index < -0.39 is 40.7 Å². The summed E-state index contributed by atoms with van der Waals surface area (Å²) in [4.78, 5) is 49.0. The maximum atomic E-state index is 15.9. The van der Waals surface area contributed by atoms with Gasteiger partial charge in [0, 0.05) is 70.9 Å². The molecule has 0 aromatic heterocycles. The zero-order valence-electron chi connectivity index (χ0n) is 27.8. The predicted octanol–water partition coefficient (Wildman–Crippen LogP) is 6.38. The molecule has 1 saturated carbocycles. The molecule has 6 rings (SSSR count). The van der Waals surface area contributed by atoms with Crippen molar-refractivity contribution in [2.45, 2.75) is 24.7 Å². The van der Waals surface area contributed by atoms with E-state index in [2.05, 4.69) is 5.32 Å². The van der Waals surface area contributed by atoms with Gasteiger partial charge in [0.05, 0.1) is 17.3 Å². The van der Waals surface area contributed by atoms with E-state index in [-0.39, 0.29) is 30.2 Å². The van der Waals surface area contributed by atoms with Gasteiger partial charge in [-0.15, -0.1) is 0 Å². The van der Waals surface area contributed by atoms with Crippen LogP contribution in [0.5, 0.6) is 0 Å². The van der Waals surface area contributed by atoms with E-state index in [1.54, 1.807) is 24.3 Å². The van der Waals surface area contributed by atoms with Gasteiger partial charge in [-0.3, -0.25) is 14.4 Å². The number of para-hydroxylation sites is 2. The first-order valence-corrected chi connectivity index (χ1v) is 16.4. The smallest absolute Gasteiger partial charge is 0.158 e. The molecule has 2 fully saturated rings. The molecule has 1 saturated heterocycles. The third kappa shape index (κ3) is 5.83. The Hall–Kier alpha value is -4.69. The van der Waals surface area contributed by atoms with Crippen molar-refractivity contribution in [3.05, 3.63) is 131 Å². The molecule has 0 amide bonds. The van der Waals surface area contributed by atoms with Crippen molar-refractivity contribution in [3.63, 3.8) is 0 Å². The quantitative estimate of drug-likeness (QED) is 0.201. The summed E-state index contributed by atoms with van der Waals surface area (Å²) in [7, 11) is 7.50. The minimum Gasteiger partial charge on any atom is -0.377 e. The van der Waals surface area contributed by atoms with Crippen molar-refractivity contribution < 1.29 is 23.2 Å². The van der Waals surface area contributed by atoms with Crippen molar-refractivity contribution in [1.29, 1.82) is 0 Å². The molecule has 1 aliphatic carbocycles. The first-order chi connectivity index (χ1) is 23.0. The summed E-state index contributed by atoms with van der Waals surface area (Å²) in [5, 5.41) is 3.31. The number of fused-ring (bicyclic) bond motifs is 1. The lowest BCUT2D eigenvalue weighted by Gasteiger charge is -2.46. The van der Waals surface area contributed by atoms with E-state index >= 15 is 9.59 Å². The van der Waals surface area contributed by atoms with E-state index in [1.165, 1.54) is 24.3 Å². The summed E-state index contributed by atoms with van der Waals surface area (Å²) >= 11 is 0. The Balaban J connectivity index is 1.64. The number of anilines is 2. The minimum absolute atomic E-state index is 0.0121. The van der Waals surface area contributed by atoms with E-state index in [4.69, 9.17) is 0 Å². The normalized spacial score (nSPS) is 21.7. The Morgan fingerprint density at radius 1 is 0.708 bits per heavy atom. The van der Waals surface area contributed by atoms with Crippen LogP contribution in [0.2, 0.25) is 0 Å².